The molecule has 0 amide bonds. The average Bonchev–Trinajstić information content (AvgIpc) is 3.14. The SMILES string of the molecule is Cc1cc2c(-c3nc(NC4CCNCC4C)c4c(C5=CC=C5)cncc4n3)ccnc2[nH]1. The Labute approximate surface area is 186 Å². The molecule has 4 aromatic heterocycles. The third-order valence-corrected chi connectivity index (χ3v) is 6.48. The first-order valence-electron chi connectivity index (χ1n) is 11.1. The average molecular weight is 424 g/mol. The van der Waals surface area contributed by atoms with E-state index in [-0.39, 0.29) is 0 Å². The summed E-state index contributed by atoms with van der Waals surface area (Å²) in [5, 5.41) is 9.33. The second-order valence-electron chi connectivity index (χ2n) is 8.75. The molecule has 2 aliphatic rings. The second-order valence-corrected chi connectivity index (χ2v) is 8.75. The van der Waals surface area contributed by atoms with Gasteiger partial charge >= 0.3 is 0 Å². The predicted molar refractivity (Wildman–Crippen MR) is 128 cm³/mol. The Morgan fingerprint density at radius 3 is 2.88 bits per heavy atom. The zero-order chi connectivity index (χ0) is 21.7. The van der Waals surface area contributed by atoms with Crippen LogP contribution in [-0.2, 0) is 0 Å². The molecule has 0 spiro atoms. The lowest BCUT2D eigenvalue weighted by molar-refractivity contribution is 0.368. The van der Waals surface area contributed by atoms with Crippen molar-refractivity contribution in [2.24, 2.45) is 5.92 Å². The van der Waals surface area contributed by atoms with Crippen LogP contribution in [0.4, 0.5) is 5.82 Å². The van der Waals surface area contributed by atoms with E-state index in [0.717, 1.165) is 69.7 Å². The summed E-state index contributed by atoms with van der Waals surface area (Å²) in [6, 6.07) is 4.44. The van der Waals surface area contributed by atoms with Gasteiger partial charge in [0.15, 0.2) is 5.82 Å². The number of allylic oxidation sites excluding steroid dienone is 4. The highest BCUT2D eigenvalue weighted by molar-refractivity contribution is 6.03. The van der Waals surface area contributed by atoms with Gasteiger partial charge in [-0.3, -0.25) is 4.98 Å². The molecule has 32 heavy (non-hydrogen) atoms. The maximum atomic E-state index is 5.10. The third kappa shape index (κ3) is 3.17. The quantitative estimate of drug-likeness (QED) is 0.455. The van der Waals surface area contributed by atoms with E-state index in [1.165, 1.54) is 0 Å². The van der Waals surface area contributed by atoms with Crippen molar-refractivity contribution >= 4 is 33.3 Å². The second kappa shape index (κ2) is 7.53. The smallest absolute Gasteiger partial charge is 0.163 e. The first kappa shape index (κ1) is 19.1. The number of piperidine rings is 1. The molecule has 1 saturated heterocycles. The van der Waals surface area contributed by atoms with Gasteiger partial charge in [-0.2, -0.15) is 0 Å². The van der Waals surface area contributed by atoms with Crippen LogP contribution < -0.4 is 10.6 Å². The van der Waals surface area contributed by atoms with E-state index in [1.807, 2.05) is 37.7 Å². The van der Waals surface area contributed by atoms with Crippen LogP contribution in [0.15, 0.2) is 49.0 Å². The minimum absolute atomic E-state index is 0.348. The number of hydrogen-bond donors (Lipinski definition) is 3. The van der Waals surface area contributed by atoms with E-state index < -0.39 is 0 Å². The number of nitrogens with zero attached hydrogens (tertiary/aromatic N) is 4. The number of aromatic nitrogens is 5. The number of aromatic amines is 1. The summed E-state index contributed by atoms with van der Waals surface area (Å²) in [6.45, 7) is 6.33. The van der Waals surface area contributed by atoms with Gasteiger partial charge in [0.2, 0.25) is 0 Å². The number of hydrogen-bond acceptors (Lipinski definition) is 6. The highest BCUT2D eigenvalue weighted by Crippen LogP contribution is 2.35. The molecule has 7 nitrogen and oxygen atoms in total. The maximum absolute atomic E-state index is 5.10. The maximum Gasteiger partial charge on any atom is 0.163 e. The van der Waals surface area contributed by atoms with E-state index >= 15 is 0 Å². The molecule has 2 atom stereocenters. The number of anilines is 1. The molecule has 1 fully saturated rings. The van der Waals surface area contributed by atoms with Crippen LogP contribution in [0.5, 0.6) is 0 Å². The number of H-pyrrole nitrogens is 1. The normalized spacial score (nSPS) is 20.4. The molecule has 160 valence electrons. The van der Waals surface area contributed by atoms with Crippen LogP contribution in [0.1, 0.15) is 24.6 Å². The molecule has 7 heteroatoms. The van der Waals surface area contributed by atoms with Gasteiger partial charge in [-0.25, -0.2) is 15.0 Å². The van der Waals surface area contributed by atoms with Crippen molar-refractivity contribution in [1.82, 2.24) is 30.2 Å². The van der Waals surface area contributed by atoms with Crippen molar-refractivity contribution in [2.75, 3.05) is 18.4 Å². The van der Waals surface area contributed by atoms with Gasteiger partial charge in [-0.05, 0) is 50.1 Å². The lowest BCUT2D eigenvalue weighted by Gasteiger charge is -2.31. The standard InChI is InChI=1S/C25H25N7/c1-14-11-26-8-7-20(14)30-25-22-19(16-4-3-5-16)12-27-13-21(22)31-24(32-25)17-6-9-28-23-18(17)10-15(2)29-23/h3-6,9-10,12-14,20,26H,7-8,11H2,1-2H3,(H,28,29)(H,30,31,32). The number of nitrogens with one attached hydrogen (secondary N) is 3. The number of aryl methyl sites for hydroxylation is 1. The summed E-state index contributed by atoms with van der Waals surface area (Å²) in [4.78, 5) is 22.3. The topological polar surface area (TPSA) is 91.4 Å². The fraction of sp³-hybridized carbons (Fsp3) is 0.280. The van der Waals surface area contributed by atoms with E-state index in [2.05, 4.69) is 50.7 Å². The molecule has 0 aromatic carbocycles. The number of rotatable bonds is 4. The van der Waals surface area contributed by atoms with E-state index in [9.17, 15) is 0 Å². The van der Waals surface area contributed by atoms with Crippen molar-refractivity contribution in [3.8, 4) is 11.4 Å². The summed E-state index contributed by atoms with van der Waals surface area (Å²) in [6.07, 6.45) is 12.9. The first-order valence-corrected chi connectivity index (χ1v) is 11.1. The molecule has 0 bridgehead atoms. The van der Waals surface area contributed by atoms with Gasteiger partial charge in [-0.1, -0.05) is 25.2 Å². The van der Waals surface area contributed by atoms with Gasteiger partial charge in [0.1, 0.15) is 11.5 Å². The lowest BCUT2D eigenvalue weighted by Crippen LogP contribution is -2.42. The van der Waals surface area contributed by atoms with Crippen LogP contribution in [-0.4, -0.2) is 44.1 Å². The van der Waals surface area contributed by atoms with Crippen LogP contribution >= 0.6 is 0 Å². The van der Waals surface area contributed by atoms with E-state index in [4.69, 9.17) is 9.97 Å². The fourth-order valence-electron chi connectivity index (χ4n) is 4.66. The van der Waals surface area contributed by atoms with Gasteiger partial charge in [-0.15, -0.1) is 0 Å². The lowest BCUT2D eigenvalue weighted by atomic mass is 9.94. The van der Waals surface area contributed by atoms with Gasteiger partial charge in [0.25, 0.3) is 0 Å². The molecule has 2 unspecified atom stereocenters. The van der Waals surface area contributed by atoms with Gasteiger partial charge in [0.05, 0.1) is 17.1 Å². The fourth-order valence-corrected chi connectivity index (χ4v) is 4.66. The van der Waals surface area contributed by atoms with E-state index in [1.54, 1.807) is 0 Å². The summed E-state index contributed by atoms with van der Waals surface area (Å²) < 4.78 is 0. The predicted octanol–water partition coefficient (Wildman–Crippen LogP) is 4.24. The monoisotopic (exact) mass is 423 g/mol. The summed E-state index contributed by atoms with van der Waals surface area (Å²) in [7, 11) is 0. The molecular weight excluding hydrogens is 398 g/mol. The Morgan fingerprint density at radius 1 is 1.16 bits per heavy atom. The molecule has 4 aromatic rings. The van der Waals surface area contributed by atoms with Crippen LogP contribution in [0.2, 0.25) is 0 Å². The molecule has 1 aliphatic carbocycles. The minimum atomic E-state index is 0.348. The van der Waals surface area contributed by atoms with Crippen LogP contribution in [0.3, 0.4) is 0 Å². The highest BCUT2D eigenvalue weighted by Gasteiger charge is 2.24. The molecule has 5 heterocycles. The van der Waals surface area contributed by atoms with Crippen molar-refractivity contribution in [2.45, 2.75) is 26.3 Å². The van der Waals surface area contributed by atoms with Crippen LogP contribution in [0, 0.1) is 12.8 Å². The molecule has 1 aliphatic heterocycles. The van der Waals surface area contributed by atoms with Crippen LogP contribution in [0.25, 0.3) is 38.9 Å². The summed E-state index contributed by atoms with van der Waals surface area (Å²) >= 11 is 0. The van der Waals surface area contributed by atoms with Crippen molar-refractivity contribution in [3.05, 3.63) is 60.2 Å². The van der Waals surface area contributed by atoms with Crippen molar-refractivity contribution in [1.29, 1.82) is 0 Å². The zero-order valence-corrected chi connectivity index (χ0v) is 18.2. The minimum Gasteiger partial charge on any atom is -0.366 e. The van der Waals surface area contributed by atoms with Gasteiger partial charge < -0.3 is 15.6 Å². The Balaban J connectivity index is 1.56. The summed E-state index contributed by atoms with van der Waals surface area (Å²) in [5.74, 6) is 2.06. The first-order chi connectivity index (χ1) is 15.7. The molecule has 6 rings (SSSR count). The van der Waals surface area contributed by atoms with E-state index in [0.29, 0.717) is 17.8 Å². The molecule has 3 N–H and O–H groups in total. The molecule has 0 saturated carbocycles. The Kier molecular flexibility index (Phi) is 4.50. The largest absolute Gasteiger partial charge is 0.366 e. The Bertz CT molecular complexity index is 1400. The Hall–Kier alpha value is -3.58. The zero-order valence-electron chi connectivity index (χ0n) is 18.2. The Morgan fingerprint density at radius 2 is 2.06 bits per heavy atom. The van der Waals surface area contributed by atoms with Crippen molar-refractivity contribution < 1.29 is 0 Å². The molecule has 0 radical (unpaired) electrons. The highest BCUT2D eigenvalue weighted by atomic mass is 15.1. The number of fused-ring (bicyclic) bond motifs is 2. The van der Waals surface area contributed by atoms with Crippen molar-refractivity contribution in [3.63, 3.8) is 0 Å². The molecular formula is C25H25N7. The third-order valence-electron chi connectivity index (χ3n) is 6.48. The number of pyridine rings is 2. The van der Waals surface area contributed by atoms with Gasteiger partial charge in [0, 0.05) is 40.6 Å². The summed E-state index contributed by atoms with van der Waals surface area (Å²) in [5.41, 5.74) is 5.95.